The number of hydrogen-bond donors (Lipinski definition) is 0. The van der Waals surface area contributed by atoms with Crippen molar-refractivity contribution in [3.8, 4) is 0 Å². The van der Waals surface area contributed by atoms with E-state index in [0.717, 1.165) is 13.0 Å². The first-order valence-electron chi connectivity index (χ1n) is 4.74. The van der Waals surface area contributed by atoms with Crippen LogP contribution in [0.2, 0.25) is 0 Å². The number of aliphatic imine (C=N–C) groups is 1. The van der Waals surface area contributed by atoms with Crippen LogP contribution >= 0.6 is 0 Å². The number of rotatable bonds is 2. The van der Waals surface area contributed by atoms with Crippen molar-refractivity contribution >= 4 is 18.4 Å². The average Bonchev–Trinajstić information content (AvgIpc) is 2.17. The molecule has 0 fully saturated rings. The second-order valence-corrected chi connectivity index (χ2v) is 3.13. The summed E-state index contributed by atoms with van der Waals surface area (Å²) in [6, 6.07) is 0. The molecule has 1 aliphatic rings. The lowest BCUT2D eigenvalue weighted by Crippen LogP contribution is -2.36. The van der Waals surface area contributed by atoms with Gasteiger partial charge in [-0.15, -0.1) is 0 Å². The van der Waals surface area contributed by atoms with Gasteiger partial charge in [-0.25, -0.2) is 4.79 Å². The van der Waals surface area contributed by atoms with Crippen LogP contribution in [0.25, 0.3) is 0 Å². The molecule has 0 aromatic rings. The van der Waals surface area contributed by atoms with Crippen LogP contribution in [-0.2, 0) is 14.3 Å². The molecule has 1 aliphatic heterocycles. The first-order valence-corrected chi connectivity index (χ1v) is 4.74. The summed E-state index contributed by atoms with van der Waals surface area (Å²) in [5.74, 6) is -0.484. The minimum absolute atomic E-state index is 0.484. The molecule has 0 aromatic carbocycles. The van der Waals surface area contributed by atoms with Crippen LogP contribution in [0.3, 0.4) is 0 Å². The molecule has 1 amide bonds. The molecule has 84 valence electrons. The van der Waals surface area contributed by atoms with Crippen LogP contribution in [0, 0.1) is 0 Å². The van der Waals surface area contributed by atoms with E-state index in [1.807, 2.05) is 0 Å². The number of esters is 1. The smallest absolute Gasteiger partial charge is 0.418 e. The number of hydrogen-bond acceptors (Lipinski definition) is 5. The summed E-state index contributed by atoms with van der Waals surface area (Å²) in [7, 11) is 0. The largest absolute Gasteiger partial charge is 0.426 e. The Kier molecular flexibility index (Phi) is 4.08. The topological polar surface area (TPSA) is 68.2 Å². The molecule has 0 N–H and O–H groups in total. The Labute approximate surface area is 87.9 Å². The average molecular weight is 214 g/mol. The Balaban J connectivity index is 2.37. The monoisotopic (exact) mass is 214 g/mol. The zero-order valence-corrected chi connectivity index (χ0v) is 8.80. The Morgan fingerprint density at radius 1 is 1.47 bits per heavy atom. The highest BCUT2D eigenvalue weighted by atomic mass is 16.7. The van der Waals surface area contributed by atoms with Crippen molar-refractivity contribution in [2.45, 2.75) is 26.6 Å². The first-order chi connectivity index (χ1) is 7.09. The van der Waals surface area contributed by atoms with Crippen LogP contribution in [0.4, 0.5) is 4.79 Å². The van der Waals surface area contributed by atoms with Crippen molar-refractivity contribution in [3.63, 3.8) is 0 Å². The number of nitrogens with zero attached hydrogens (tertiary/aromatic N) is 2. The molecule has 0 spiro atoms. The van der Waals surface area contributed by atoms with Gasteiger partial charge < -0.3 is 9.47 Å². The first kappa shape index (κ1) is 11.5. The number of carbonyl (C=O) groups excluding carboxylic acids is 2. The second-order valence-electron chi connectivity index (χ2n) is 3.13. The molecule has 15 heavy (non-hydrogen) atoms. The molecule has 1 rings (SSSR count). The van der Waals surface area contributed by atoms with Gasteiger partial charge in [0.15, 0.2) is 0 Å². The highest BCUT2D eigenvalue weighted by Crippen LogP contribution is 2.03. The highest BCUT2D eigenvalue weighted by Gasteiger charge is 2.18. The zero-order chi connectivity index (χ0) is 11.3. The van der Waals surface area contributed by atoms with E-state index in [1.54, 1.807) is 0 Å². The van der Waals surface area contributed by atoms with Crippen molar-refractivity contribution in [2.24, 2.45) is 4.99 Å². The van der Waals surface area contributed by atoms with Gasteiger partial charge in [0.2, 0.25) is 6.29 Å². The van der Waals surface area contributed by atoms with Crippen molar-refractivity contribution < 1.29 is 19.1 Å². The lowest BCUT2D eigenvalue weighted by Gasteiger charge is -2.21. The van der Waals surface area contributed by atoms with Crippen molar-refractivity contribution in [1.82, 2.24) is 4.90 Å². The summed E-state index contributed by atoms with van der Waals surface area (Å²) in [5.41, 5.74) is 0. The fraction of sp³-hybridized carbons (Fsp3) is 0.667. The standard InChI is InChI=1S/C9H14N2O4/c1-7(12)14-8(2)15-9(13)11-5-3-4-10-6-11/h6,8H,3-5H2,1-2H3. The lowest BCUT2D eigenvalue weighted by atomic mass is 10.4. The maximum atomic E-state index is 11.4. The van der Waals surface area contributed by atoms with E-state index in [2.05, 4.69) is 9.73 Å². The van der Waals surface area contributed by atoms with E-state index in [1.165, 1.54) is 25.1 Å². The van der Waals surface area contributed by atoms with E-state index in [-0.39, 0.29) is 0 Å². The molecule has 0 aliphatic carbocycles. The molecule has 6 heteroatoms. The van der Waals surface area contributed by atoms with Gasteiger partial charge in [0, 0.05) is 26.9 Å². The minimum atomic E-state index is -0.870. The van der Waals surface area contributed by atoms with E-state index >= 15 is 0 Å². The summed E-state index contributed by atoms with van der Waals surface area (Å²) in [5, 5.41) is 0. The highest BCUT2D eigenvalue weighted by molar-refractivity contribution is 5.82. The lowest BCUT2D eigenvalue weighted by molar-refractivity contribution is -0.162. The van der Waals surface area contributed by atoms with Gasteiger partial charge in [0.05, 0.1) is 6.34 Å². The Morgan fingerprint density at radius 2 is 2.20 bits per heavy atom. The van der Waals surface area contributed by atoms with E-state index in [0.29, 0.717) is 6.54 Å². The Bertz CT molecular complexity index is 277. The molecule has 1 atom stereocenters. The predicted octanol–water partition coefficient (Wildman–Crippen LogP) is 0.766. The fourth-order valence-electron chi connectivity index (χ4n) is 1.15. The fourth-order valence-corrected chi connectivity index (χ4v) is 1.15. The zero-order valence-electron chi connectivity index (χ0n) is 8.80. The molecule has 0 radical (unpaired) electrons. The van der Waals surface area contributed by atoms with Crippen molar-refractivity contribution in [3.05, 3.63) is 0 Å². The molecule has 1 unspecified atom stereocenters. The predicted molar refractivity (Wildman–Crippen MR) is 52.4 cm³/mol. The number of amides is 1. The molecule has 0 bridgehead atoms. The Morgan fingerprint density at radius 3 is 2.73 bits per heavy atom. The molecular formula is C9H14N2O4. The van der Waals surface area contributed by atoms with E-state index in [4.69, 9.17) is 4.74 Å². The summed E-state index contributed by atoms with van der Waals surface area (Å²) in [6.07, 6.45) is 0.831. The number of carbonyl (C=O) groups is 2. The van der Waals surface area contributed by atoms with Gasteiger partial charge in [-0.3, -0.25) is 14.7 Å². The maximum Gasteiger partial charge on any atom is 0.418 e. The second kappa shape index (κ2) is 5.33. The summed E-state index contributed by atoms with van der Waals surface area (Å²) in [6.45, 7) is 4.05. The third-order valence-corrected chi connectivity index (χ3v) is 1.74. The van der Waals surface area contributed by atoms with Crippen molar-refractivity contribution in [1.29, 1.82) is 0 Å². The van der Waals surface area contributed by atoms with Crippen LogP contribution in [0.1, 0.15) is 20.3 Å². The van der Waals surface area contributed by atoms with Crippen LogP contribution in [-0.4, -0.2) is 42.7 Å². The van der Waals surface area contributed by atoms with Gasteiger partial charge >= 0.3 is 12.1 Å². The van der Waals surface area contributed by atoms with E-state index < -0.39 is 18.4 Å². The summed E-state index contributed by atoms with van der Waals surface area (Å²) >= 11 is 0. The summed E-state index contributed by atoms with van der Waals surface area (Å²) < 4.78 is 9.51. The molecule has 0 saturated heterocycles. The molecule has 0 aromatic heterocycles. The van der Waals surface area contributed by atoms with Crippen LogP contribution in [0.15, 0.2) is 4.99 Å². The minimum Gasteiger partial charge on any atom is -0.426 e. The Hall–Kier alpha value is -1.59. The van der Waals surface area contributed by atoms with E-state index in [9.17, 15) is 9.59 Å². The molecule has 0 saturated carbocycles. The van der Waals surface area contributed by atoms with Gasteiger partial charge in [-0.1, -0.05) is 0 Å². The third kappa shape index (κ3) is 3.97. The van der Waals surface area contributed by atoms with Gasteiger partial charge in [0.1, 0.15) is 0 Å². The van der Waals surface area contributed by atoms with Crippen LogP contribution < -0.4 is 0 Å². The third-order valence-electron chi connectivity index (χ3n) is 1.74. The van der Waals surface area contributed by atoms with Crippen LogP contribution in [0.5, 0.6) is 0 Å². The number of ether oxygens (including phenoxy) is 2. The molecule has 1 heterocycles. The SMILES string of the molecule is CC(=O)OC(C)OC(=O)N1C=NCCC1. The normalized spacial score (nSPS) is 17.1. The molecular weight excluding hydrogens is 200 g/mol. The van der Waals surface area contributed by atoms with Gasteiger partial charge in [-0.05, 0) is 6.42 Å². The van der Waals surface area contributed by atoms with Crippen molar-refractivity contribution in [2.75, 3.05) is 13.1 Å². The summed E-state index contributed by atoms with van der Waals surface area (Å²) in [4.78, 5) is 27.3. The van der Waals surface area contributed by atoms with Gasteiger partial charge in [-0.2, -0.15) is 0 Å². The quantitative estimate of drug-likeness (QED) is 0.503. The van der Waals surface area contributed by atoms with Gasteiger partial charge in [0.25, 0.3) is 0 Å². The molecule has 6 nitrogen and oxygen atoms in total. The maximum absolute atomic E-state index is 11.4.